The van der Waals surface area contributed by atoms with Crippen LogP contribution in [0.1, 0.15) is 22.8 Å². The molecule has 6 heteroatoms. The Morgan fingerprint density at radius 2 is 2.15 bits per heavy atom. The molecule has 27 heavy (non-hydrogen) atoms. The van der Waals surface area contributed by atoms with Crippen LogP contribution < -0.4 is 10.1 Å². The highest BCUT2D eigenvalue weighted by atomic mass is 19.1. The number of aryl methyl sites for hydroxylation is 1. The Bertz CT molecular complexity index is 810. The van der Waals surface area contributed by atoms with Gasteiger partial charge in [-0.2, -0.15) is 0 Å². The lowest BCUT2D eigenvalue weighted by molar-refractivity contribution is -0.00833. The first kappa shape index (κ1) is 19.2. The molecule has 1 aliphatic heterocycles. The summed E-state index contributed by atoms with van der Waals surface area (Å²) < 4.78 is 24.8. The SMILES string of the molecule is CN=C(NCc1ccc(OC)c(F)c1)N1CCOC(c2ccccc2C)C1. The van der Waals surface area contributed by atoms with E-state index in [9.17, 15) is 4.39 Å². The normalized spacial score (nSPS) is 17.7. The molecule has 2 aromatic rings. The summed E-state index contributed by atoms with van der Waals surface area (Å²) in [7, 11) is 3.22. The molecule has 5 nitrogen and oxygen atoms in total. The smallest absolute Gasteiger partial charge is 0.194 e. The van der Waals surface area contributed by atoms with Gasteiger partial charge in [0.2, 0.25) is 0 Å². The highest BCUT2D eigenvalue weighted by Gasteiger charge is 2.25. The summed E-state index contributed by atoms with van der Waals surface area (Å²) in [6.45, 7) is 4.71. The number of halogens is 1. The number of hydrogen-bond donors (Lipinski definition) is 1. The predicted molar refractivity (Wildman–Crippen MR) is 105 cm³/mol. The van der Waals surface area contributed by atoms with Gasteiger partial charge in [-0.15, -0.1) is 0 Å². The molecule has 0 saturated carbocycles. The van der Waals surface area contributed by atoms with Crippen molar-refractivity contribution in [2.45, 2.75) is 19.6 Å². The van der Waals surface area contributed by atoms with E-state index in [2.05, 4.69) is 34.3 Å². The summed E-state index contributed by atoms with van der Waals surface area (Å²) in [5.41, 5.74) is 3.26. The standard InChI is InChI=1S/C21H26FN3O2/c1-15-6-4-5-7-17(15)20-14-25(10-11-27-20)21(23-2)24-13-16-8-9-19(26-3)18(22)12-16/h4-9,12,20H,10-11,13-14H2,1-3H3,(H,23,24). The number of methoxy groups -OCH3 is 1. The Hall–Kier alpha value is -2.60. The van der Waals surface area contributed by atoms with E-state index in [0.29, 0.717) is 13.2 Å². The summed E-state index contributed by atoms with van der Waals surface area (Å²) in [5.74, 6) is 0.670. The van der Waals surface area contributed by atoms with E-state index in [1.807, 2.05) is 18.2 Å². The molecule has 2 aromatic carbocycles. The largest absolute Gasteiger partial charge is 0.494 e. The molecule has 1 unspecified atom stereocenters. The summed E-state index contributed by atoms with van der Waals surface area (Å²) >= 11 is 0. The van der Waals surface area contributed by atoms with E-state index in [1.165, 1.54) is 24.3 Å². The van der Waals surface area contributed by atoms with Crippen molar-refractivity contribution in [1.82, 2.24) is 10.2 Å². The maximum Gasteiger partial charge on any atom is 0.194 e. The van der Waals surface area contributed by atoms with Crippen molar-refractivity contribution in [3.05, 3.63) is 65.0 Å². The Morgan fingerprint density at radius 1 is 1.33 bits per heavy atom. The number of nitrogens with one attached hydrogen (secondary N) is 1. The minimum absolute atomic E-state index is 0.0110. The van der Waals surface area contributed by atoms with Gasteiger partial charge in [0.15, 0.2) is 17.5 Å². The highest BCUT2D eigenvalue weighted by molar-refractivity contribution is 5.80. The van der Waals surface area contributed by atoms with Gasteiger partial charge in [0, 0.05) is 20.1 Å². The van der Waals surface area contributed by atoms with Crippen LogP contribution in [0.4, 0.5) is 4.39 Å². The van der Waals surface area contributed by atoms with E-state index in [1.54, 1.807) is 13.1 Å². The van der Waals surface area contributed by atoms with Gasteiger partial charge in [0.1, 0.15) is 6.10 Å². The van der Waals surface area contributed by atoms with Gasteiger partial charge in [0.25, 0.3) is 0 Å². The molecule has 1 N–H and O–H groups in total. The monoisotopic (exact) mass is 371 g/mol. The van der Waals surface area contributed by atoms with Crippen LogP contribution in [0.25, 0.3) is 0 Å². The number of nitrogens with zero attached hydrogens (tertiary/aromatic N) is 2. The Balaban J connectivity index is 1.65. The van der Waals surface area contributed by atoms with Crippen LogP contribution in [0.5, 0.6) is 5.75 Å². The fourth-order valence-electron chi connectivity index (χ4n) is 3.31. The molecule has 1 atom stereocenters. The van der Waals surface area contributed by atoms with E-state index in [-0.39, 0.29) is 17.7 Å². The van der Waals surface area contributed by atoms with Gasteiger partial charge in [-0.1, -0.05) is 30.3 Å². The van der Waals surface area contributed by atoms with Crippen LogP contribution in [0, 0.1) is 12.7 Å². The number of rotatable bonds is 4. The highest BCUT2D eigenvalue weighted by Crippen LogP contribution is 2.25. The van der Waals surface area contributed by atoms with E-state index in [4.69, 9.17) is 9.47 Å². The Morgan fingerprint density at radius 3 is 2.85 bits per heavy atom. The van der Waals surface area contributed by atoms with Crippen molar-refractivity contribution in [3.8, 4) is 5.75 Å². The first-order valence-corrected chi connectivity index (χ1v) is 9.07. The zero-order valence-corrected chi connectivity index (χ0v) is 16.0. The molecular weight excluding hydrogens is 345 g/mol. The van der Waals surface area contributed by atoms with Gasteiger partial charge in [-0.3, -0.25) is 4.99 Å². The first-order chi connectivity index (χ1) is 13.1. The fourth-order valence-corrected chi connectivity index (χ4v) is 3.31. The van der Waals surface area contributed by atoms with Crippen molar-refractivity contribution in [2.24, 2.45) is 4.99 Å². The van der Waals surface area contributed by atoms with Crippen LogP contribution in [0.2, 0.25) is 0 Å². The molecule has 1 saturated heterocycles. The second-order valence-electron chi connectivity index (χ2n) is 6.53. The van der Waals surface area contributed by atoms with Crippen molar-refractivity contribution >= 4 is 5.96 Å². The van der Waals surface area contributed by atoms with Crippen molar-refractivity contribution in [2.75, 3.05) is 33.9 Å². The summed E-state index contributed by atoms with van der Waals surface area (Å²) in [6, 6.07) is 13.2. The number of ether oxygens (including phenoxy) is 2. The van der Waals surface area contributed by atoms with Gasteiger partial charge in [-0.25, -0.2) is 4.39 Å². The van der Waals surface area contributed by atoms with Crippen molar-refractivity contribution in [3.63, 3.8) is 0 Å². The predicted octanol–water partition coefficient (Wildman–Crippen LogP) is 3.29. The van der Waals surface area contributed by atoms with E-state index in [0.717, 1.165) is 24.6 Å². The Labute approximate surface area is 159 Å². The van der Waals surface area contributed by atoms with Crippen molar-refractivity contribution < 1.29 is 13.9 Å². The van der Waals surface area contributed by atoms with Gasteiger partial charge in [0.05, 0.1) is 20.3 Å². The van der Waals surface area contributed by atoms with Gasteiger partial charge < -0.3 is 19.7 Å². The summed E-state index contributed by atoms with van der Waals surface area (Å²) in [6.07, 6.45) is 0.0110. The molecule has 0 spiro atoms. The molecule has 0 aliphatic carbocycles. The lowest BCUT2D eigenvalue weighted by atomic mass is 10.0. The fraction of sp³-hybridized carbons (Fsp3) is 0.381. The molecule has 1 aliphatic rings. The third kappa shape index (κ3) is 4.57. The van der Waals surface area contributed by atoms with E-state index < -0.39 is 0 Å². The molecule has 1 fully saturated rings. The molecule has 3 rings (SSSR count). The number of morpholine rings is 1. The van der Waals surface area contributed by atoms with Crippen molar-refractivity contribution in [1.29, 1.82) is 0 Å². The lowest BCUT2D eigenvalue weighted by Gasteiger charge is -2.35. The van der Waals surface area contributed by atoms with E-state index >= 15 is 0 Å². The summed E-state index contributed by atoms with van der Waals surface area (Å²) in [5, 5.41) is 3.32. The molecule has 0 aromatic heterocycles. The van der Waals surface area contributed by atoms with Gasteiger partial charge in [-0.05, 0) is 35.7 Å². The number of benzene rings is 2. The number of guanidine groups is 1. The maximum atomic E-state index is 13.9. The minimum atomic E-state index is -0.363. The minimum Gasteiger partial charge on any atom is -0.494 e. The number of hydrogen-bond acceptors (Lipinski definition) is 3. The molecule has 0 bridgehead atoms. The van der Waals surface area contributed by atoms with Gasteiger partial charge >= 0.3 is 0 Å². The average Bonchev–Trinajstić information content (AvgIpc) is 2.69. The molecule has 0 radical (unpaired) electrons. The zero-order chi connectivity index (χ0) is 19.2. The molecular formula is C21H26FN3O2. The quantitative estimate of drug-likeness (QED) is 0.662. The zero-order valence-electron chi connectivity index (χ0n) is 16.0. The van der Waals surface area contributed by atoms with Crippen LogP contribution in [-0.2, 0) is 11.3 Å². The third-order valence-corrected chi connectivity index (χ3v) is 4.78. The second kappa shape index (κ2) is 8.86. The third-order valence-electron chi connectivity index (χ3n) is 4.78. The van der Waals surface area contributed by atoms with Crippen LogP contribution in [-0.4, -0.2) is 44.7 Å². The topological polar surface area (TPSA) is 46.1 Å². The summed E-state index contributed by atoms with van der Waals surface area (Å²) in [4.78, 5) is 6.57. The number of aliphatic imine (C=N–C) groups is 1. The van der Waals surface area contributed by atoms with Crippen LogP contribution >= 0.6 is 0 Å². The molecule has 1 heterocycles. The lowest BCUT2D eigenvalue weighted by Crippen LogP contribution is -2.48. The average molecular weight is 371 g/mol. The first-order valence-electron chi connectivity index (χ1n) is 9.07. The maximum absolute atomic E-state index is 13.9. The van der Waals surface area contributed by atoms with Crippen LogP contribution in [0.3, 0.4) is 0 Å². The molecule has 0 amide bonds. The second-order valence-corrected chi connectivity index (χ2v) is 6.53. The Kier molecular flexibility index (Phi) is 6.29. The molecule has 144 valence electrons. The van der Waals surface area contributed by atoms with Crippen LogP contribution in [0.15, 0.2) is 47.5 Å².